The number of aliphatic hydroxyl groups is 2. The van der Waals surface area contributed by atoms with Crippen LogP contribution in [-0.4, -0.2) is 55.0 Å². The van der Waals surface area contributed by atoms with Gasteiger partial charge in [-0.1, -0.05) is 6.92 Å². The SMILES string of the molecule is CC1OC(C23C(O)[C@@H](n4cnc5c(NN)nc(NN)nc54)C2(C)[C@@H]3CO)O1. The third-order valence-electron chi connectivity index (χ3n) is 6.74. The Morgan fingerprint density at radius 3 is 2.63 bits per heavy atom. The molecule has 146 valence electrons. The summed E-state index contributed by atoms with van der Waals surface area (Å²) in [6, 6.07) is -0.367. The summed E-state index contributed by atoms with van der Waals surface area (Å²) in [7, 11) is 0. The summed E-state index contributed by atoms with van der Waals surface area (Å²) in [5.74, 6) is 11.3. The summed E-state index contributed by atoms with van der Waals surface area (Å²) in [5.41, 5.74) is 4.72. The van der Waals surface area contributed by atoms with Crippen molar-refractivity contribution in [3.63, 3.8) is 0 Å². The Bertz CT molecular complexity index is 917. The van der Waals surface area contributed by atoms with Gasteiger partial charge in [-0.15, -0.1) is 0 Å². The first kappa shape index (κ1) is 17.0. The van der Waals surface area contributed by atoms with Crippen molar-refractivity contribution >= 4 is 22.9 Å². The Morgan fingerprint density at radius 2 is 2.04 bits per heavy atom. The van der Waals surface area contributed by atoms with Crippen molar-refractivity contribution in [2.45, 2.75) is 38.6 Å². The van der Waals surface area contributed by atoms with Crippen LogP contribution in [0.2, 0.25) is 0 Å². The molecule has 5 rings (SSSR count). The van der Waals surface area contributed by atoms with Gasteiger partial charge in [-0.05, 0) is 6.92 Å². The molecule has 1 saturated heterocycles. The first-order chi connectivity index (χ1) is 12.9. The molecule has 0 amide bonds. The van der Waals surface area contributed by atoms with Gasteiger partial charge in [0.1, 0.15) is 0 Å². The van der Waals surface area contributed by atoms with Crippen LogP contribution < -0.4 is 22.5 Å². The Morgan fingerprint density at radius 1 is 1.30 bits per heavy atom. The lowest BCUT2D eigenvalue weighted by molar-refractivity contribution is -0.421. The number of hydrazine groups is 2. The topological polar surface area (TPSA) is 179 Å². The number of imidazole rings is 1. The average molecular weight is 378 g/mol. The molecule has 8 N–H and O–H groups in total. The fraction of sp³-hybridized carbons (Fsp3) is 0.667. The Kier molecular flexibility index (Phi) is 3.31. The number of aliphatic hydroxyl groups excluding tert-OH is 2. The van der Waals surface area contributed by atoms with Crippen LogP contribution in [0.5, 0.6) is 0 Å². The monoisotopic (exact) mass is 378 g/mol. The molecule has 3 aliphatic rings. The quantitative estimate of drug-likeness (QED) is 0.267. The normalized spacial score (nSPS) is 42.2. The molecule has 0 aromatic carbocycles. The van der Waals surface area contributed by atoms with Crippen LogP contribution in [0.4, 0.5) is 11.8 Å². The molecule has 2 aromatic rings. The lowest BCUT2D eigenvalue weighted by Crippen LogP contribution is -2.61. The number of hydrogen-bond donors (Lipinski definition) is 6. The van der Waals surface area contributed by atoms with Crippen LogP contribution in [0.15, 0.2) is 6.33 Å². The van der Waals surface area contributed by atoms with Gasteiger partial charge in [0.05, 0.1) is 23.9 Å². The van der Waals surface area contributed by atoms with E-state index in [0.29, 0.717) is 17.0 Å². The predicted octanol–water partition coefficient (Wildman–Crippen LogP) is -1.35. The van der Waals surface area contributed by atoms with E-state index >= 15 is 0 Å². The minimum atomic E-state index is -0.798. The van der Waals surface area contributed by atoms with Gasteiger partial charge >= 0.3 is 0 Å². The van der Waals surface area contributed by atoms with E-state index in [9.17, 15) is 10.2 Å². The number of nitrogens with two attached hydrogens (primary N) is 2. The van der Waals surface area contributed by atoms with E-state index in [2.05, 4.69) is 25.8 Å². The summed E-state index contributed by atoms with van der Waals surface area (Å²) >= 11 is 0. The van der Waals surface area contributed by atoms with Crippen molar-refractivity contribution in [1.82, 2.24) is 19.5 Å². The zero-order valence-corrected chi connectivity index (χ0v) is 14.8. The van der Waals surface area contributed by atoms with Crippen LogP contribution >= 0.6 is 0 Å². The lowest BCUT2D eigenvalue weighted by atomic mass is 9.66. The molecule has 12 nitrogen and oxygen atoms in total. The second kappa shape index (κ2) is 5.25. The second-order valence-electron chi connectivity index (χ2n) is 7.52. The molecule has 3 unspecified atom stereocenters. The van der Waals surface area contributed by atoms with E-state index in [1.54, 1.807) is 17.8 Å². The third-order valence-corrected chi connectivity index (χ3v) is 6.74. The van der Waals surface area contributed by atoms with Crippen molar-refractivity contribution < 1.29 is 19.7 Å². The van der Waals surface area contributed by atoms with E-state index in [4.69, 9.17) is 21.2 Å². The molecule has 5 atom stereocenters. The maximum atomic E-state index is 11.1. The standard InChI is InChI=1S/C15H22N8O4/c1-5-26-12(27-5)15-6(3-24)14(15,2)8(9(15)25)23-4-18-7-10(21-16)19-13(22-17)20-11(7)23/h4-6,8-9,12,24-25H,3,16-17H2,1-2H3,(H2,19,20,21,22)/t5?,6-,8+,9?,12?,14?,15?/m0/s1. The van der Waals surface area contributed by atoms with E-state index in [1.807, 2.05) is 6.92 Å². The molecular formula is C15H22N8O4. The average Bonchev–Trinajstić information content (AvgIpc) is 2.87. The number of nitrogens with zero attached hydrogens (tertiary/aromatic N) is 4. The highest BCUT2D eigenvalue weighted by Crippen LogP contribution is 2.87. The van der Waals surface area contributed by atoms with Gasteiger partial charge < -0.3 is 29.7 Å². The van der Waals surface area contributed by atoms with E-state index in [1.165, 1.54) is 0 Å². The number of rotatable bonds is 5. The maximum absolute atomic E-state index is 11.1. The number of fused-ring (bicyclic) bond motifs is 2. The second-order valence-corrected chi connectivity index (χ2v) is 7.52. The number of nitrogen functional groups attached to an aromatic ring is 2. The van der Waals surface area contributed by atoms with Gasteiger partial charge in [-0.2, -0.15) is 9.97 Å². The molecule has 27 heavy (non-hydrogen) atoms. The van der Waals surface area contributed by atoms with Crippen molar-refractivity contribution in [1.29, 1.82) is 0 Å². The molecule has 0 radical (unpaired) electrons. The van der Waals surface area contributed by atoms with Crippen molar-refractivity contribution in [2.75, 3.05) is 17.5 Å². The Balaban J connectivity index is 1.59. The summed E-state index contributed by atoms with van der Waals surface area (Å²) < 4.78 is 13.1. The molecule has 1 aliphatic heterocycles. The van der Waals surface area contributed by atoms with Crippen LogP contribution in [0, 0.1) is 16.7 Å². The van der Waals surface area contributed by atoms with Gasteiger partial charge in [-0.25, -0.2) is 16.7 Å². The summed E-state index contributed by atoms with van der Waals surface area (Å²) in [6.45, 7) is 3.74. The zero-order valence-electron chi connectivity index (χ0n) is 14.8. The van der Waals surface area contributed by atoms with Crippen LogP contribution in [0.3, 0.4) is 0 Å². The summed E-state index contributed by atoms with van der Waals surface area (Å²) in [5, 5.41) is 21.0. The van der Waals surface area contributed by atoms with Crippen LogP contribution in [0.1, 0.15) is 19.9 Å². The van der Waals surface area contributed by atoms with Gasteiger partial charge in [0.15, 0.2) is 29.6 Å². The zero-order chi connectivity index (χ0) is 19.1. The number of aromatic nitrogens is 4. The number of nitrogens with one attached hydrogen (secondary N) is 2. The molecule has 0 bridgehead atoms. The predicted molar refractivity (Wildman–Crippen MR) is 92.5 cm³/mol. The van der Waals surface area contributed by atoms with Gasteiger partial charge in [0.25, 0.3) is 0 Å². The smallest absolute Gasteiger partial charge is 0.241 e. The first-order valence-corrected chi connectivity index (χ1v) is 8.72. The van der Waals surface area contributed by atoms with Gasteiger partial charge in [0, 0.05) is 17.9 Å². The van der Waals surface area contributed by atoms with E-state index in [0.717, 1.165) is 0 Å². The molecule has 12 heteroatoms. The number of hydrogen-bond acceptors (Lipinski definition) is 11. The fourth-order valence-electron chi connectivity index (χ4n) is 5.49. The van der Waals surface area contributed by atoms with E-state index in [-0.39, 0.29) is 30.8 Å². The van der Waals surface area contributed by atoms with Crippen LogP contribution in [0.25, 0.3) is 11.2 Å². The van der Waals surface area contributed by atoms with Crippen molar-refractivity contribution in [3.05, 3.63) is 6.33 Å². The Labute approximate surface area is 153 Å². The minimum absolute atomic E-state index is 0.0749. The van der Waals surface area contributed by atoms with Crippen molar-refractivity contribution in [3.8, 4) is 0 Å². The van der Waals surface area contributed by atoms with Crippen LogP contribution in [-0.2, 0) is 9.47 Å². The first-order valence-electron chi connectivity index (χ1n) is 8.72. The fourth-order valence-corrected chi connectivity index (χ4v) is 5.49. The third kappa shape index (κ3) is 1.71. The van der Waals surface area contributed by atoms with Gasteiger partial charge in [0.2, 0.25) is 5.95 Å². The number of anilines is 2. The van der Waals surface area contributed by atoms with Gasteiger partial charge in [-0.3, -0.25) is 5.43 Å². The maximum Gasteiger partial charge on any atom is 0.241 e. The highest BCUT2D eigenvalue weighted by Gasteiger charge is 2.93. The molecular weight excluding hydrogens is 356 g/mol. The Hall–Kier alpha value is -2.09. The molecule has 2 aliphatic carbocycles. The largest absolute Gasteiger partial charge is 0.396 e. The van der Waals surface area contributed by atoms with E-state index < -0.39 is 23.2 Å². The molecule has 3 fully saturated rings. The molecule has 3 heterocycles. The number of ether oxygens (including phenoxy) is 2. The summed E-state index contributed by atoms with van der Waals surface area (Å²) in [4.78, 5) is 12.8. The van der Waals surface area contributed by atoms with Crippen molar-refractivity contribution in [2.24, 2.45) is 28.4 Å². The molecule has 2 aromatic heterocycles. The minimum Gasteiger partial charge on any atom is -0.396 e. The molecule has 2 saturated carbocycles. The highest BCUT2D eigenvalue weighted by molar-refractivity contribution is 5.84. The lowest BCUT2D eigenvalue weighted by Gasteiger charge is -2.53. The molecule has 0 spiro atoms. The highest BCUT2D eigenvalue weighted by atomic mass is 16.9. The summed E-state index contributed by atoms with van der Waals surface area (Å²) in [6.07, 6.45) is -0.0551.